The summed E-state index contributed by atoms with van der Waals surface area (Å²) in [6.07, 6.45) is 1.83. The van der Waals surface area contributed by atoms with Crippen molar-refractivity contribution in [2.24, 2.45) is 10.2 Å². The van der Waals surface area contributed by atoms with Gasteiger partial charge in [-0.05, 0) is 47.5 Å². The van der Waals surface area contributed by atoms with Crippen molar-refractivity contribution in [3.63, 3.8) is 0 Å². The van der Waals surface area contributed by atoms with E-state index in [1.165, 1.54) is 0 Å². The number of hydrogen-bond acceptors (Lipinski definition) is 3. The van der Waals surface area contributed by atoms with E-state index in [1.807, 2.05) is 84.9 Å². The van der Waals surface area contributed by atoms with Crippen molar-refractivity contribution < 1.29 is 4.74 Å². The predicted molar refractivity (Wildman–Crippen MR) is 97.9 cm³/mol. The molecule has 0 atom stereocenters. The second-order valence-electron chi connectivity index (χ2n) is 5.26. The van der Waals surface area contributed by atoms with Crippen LogP contribution in [0.3, 0.4) is 0 Å². The van der Waals surface area contributed by atoms with Crippen molar-refractivity contribution in [3.05, 3.63) is 96.6 Å². The highest BCUT2D eigenvalue weighted by atomic mass is 16.5. The summed E-state index contributed by atoms with van der Waals surface area (Å²) in [6, 6.07) is 25.4. The van der Waals surface area contributed by atoms with Gasteiger partial charge in [0.05, 0.1) is 11.4 Å². The van der Waals surface area contributed by atoms with Crippen LogP contribution in [0.15, 0.2) is 95.7 Å². The van der Waals surface area contributed by atoms with E-state index in [0.29, 0.717) is 6.61 Å². The molecule has 0 aliphatic heterocycles. The Hall–Kier alpha value is -3.20. The molecule has 0 aromatic heterocycles. The second kappa shape index (κ2) is 7.88. The molecule has 0 bridgehead atoms. The number of benzene rings is 3. The summed E-state index contributed by atoms with van der Waals surface area (Å²) in [5.41, 5.74) is 3.85. The Kier molecular flexibility index (Phi) is 5.15. The average molecular weight is 314 g/mol. The molecule has 0 radical (unpaired) electrons. The fourth-order valence-electron chi connectivity index (χ4n) is 2.14. The summed E-state index contributed by atoms with van der Waals surface area (Å²) in [6.45, 7) is 4.28. The highest BCUT2D eigenvalue weighted by Gasteiger charge is 1.97. The second-order valence-corrected chi connectivity index (χ2v) is 5.26. The molecule has 0 saturated heterocycles. The summed E-state index contributed by atoms with van der Waals surface area (Å²) in [7, 11) is 0. The van der Waals surface area contributed by atoms with E-state index in [0.717, 1.165) is 28.3 Å². The fraction of sp³-hybridized carbons (Fsp3) is 0.0476. The van der Waals surface area contributed by atoms with Crippen molar-refractivity contribution in [1.29, 1.82) is 0 Å². The largest absolute Gasteiger partial charge is 0.489 e. The van der Waals surface area contributed by atoms with Crippen molar-refractivity contribution in [2.45, 2.75) is 6.61 Å². The lowest BCUT2D eigenvalue weighted by Gasteiger charge is -2.06. The van der Waals surface area contributed by atoms with E-state index in [2.05, 4.69) is 16.8 Å². The molecule has 0 unspecified atom stereocenters. The normalized spacial score (nSPS) is 10.7. The lowest BCUT2D eigenvalue weighted by atomic mass is 10.1. The maximum absolute atomic E-state index is 5.79. The number of rotatable bonds is 6. The van der Waals surface area contributed by atoms with E-state index in [-0.39, 0.29) is 0 Å². The average Bonchev–Trinajstić information content (AvgIpc) is 2.67. The Bertz CT molecular complexity index is 807. The zero-order chi connectivity index (χ0) is 16.6. The Labute approximate surface area is 142 Å². The quantitative estimate of drug-likeness (QED) is 0.490. The van der Waals surface area contributed by atoms with Crippen LogP contribution in [0, 0.1) is 0 Å². The molecule has 0 spiro atoms. The van der Waals surface area contributed by atoms with Gasteiger partial charge in [-0.3, -0.25) is 0 Å². The lowest BCUT2D eigenvalue weighted by molar-refractivity contribution is 0.306. The summed E-state index contributed by atoms with van der Waals surface area (Å²) in [5.74, 6) is 0.807. The zero-order valence-electron chi connectivity index (χ0n) is 13.3. The van der Waals surface area contributed by atoms with Crippen LogP contribution in [0.25, 0.3) is 6.08 Å². The van der Waals surface area contributed by atoms with E-state index in [9.17, 15) is 0 Å². The Morgan fingerprint density at radius 3 is 2.00 bits per heavy atom. The van der Waals surface area contributed by atoms with Gasteiger partial charge in [-0.25, -0.2) is 0 Å². The molecular weight excluding hydrogens is 296 g/mol. The first-order valence-electron chi connectivity index (χ1n) is 7.74. The van der Waals surface area contributed by atoms with Gasteiger partial charge in [0.15, 0.2) is 0 Å². The zero-order valence-corrected chi connectivity index (χ0v) is 13.3. The first-order chi connectivity index (χ1) is 11.8. The monoisotopic (exact) mass is 314 g/mol. The molecule has 0 heterocycles. The molecule has 3 heteroatoms. The predicted octanol–water partition coefficient (Wildman–Crippen LogP) is 6.32. The highest BCUT2D eigenvalue weighted by Crippen LogP contribution is 2.21. The van der Waals surface area contributed by atoms with Crippen LogP contribution >= 0.6 is 0 Å². The summed E-state index contributed by atoms with van der Waals surface area (Å²) < 4.78 is 5.79. The molecule has 0 saturated carbocycles. The molecule has 3 aromatic rings. The van der Waals surface area contributed by atoms with Crippen LogP contribution in [-0.4, -0.2) is 0 Å². The SMILES string of the molecule is C=Cc1ccc(COc2ccc(N=Nc3ccccc3)cc2)cc1. The lowest BCUT2D eigenvalue weighted by Crippen LogP contribution is -1.94. The molecular formula is C21H18N2O. The van der Waals surface area contributed by atoms with E-state index < -0.39 is 0 Å². The third-order valence-electron chi connectivity index (χ3n) is 3.49. The number of nitrogens with zero attached hydrogens (tertiary/aromatic N) is 2. The molecule has 0 N–H and O–H groups in total. The maximum atomic E-state index is 5.79. The van der Waals surface area contributed by atoms with Gasteiger partial charge in [0.25, 0.3) is 0 Å². The van der Waals surface area contributed by atoms with Gasteiger partial charge in [-0.15, -0.1) is 0 Å². The molecule has 118 valence electrons. The van der Waals surface area contributed by atoms with Gasteiger partial charge < -0.3 is 4.74 Å². The first-order valence-corrected chi connectivity index (χ1v) is 7.74. The Morgan fingerprint density at radius 2 is 1.38 bits per heavy atom. The van der Waals surface area contributed by atoms with E-state index in [1.54, 1.807) is 0 Å². The highest BCUT2D eigenvalue weighted by molar-refractivity contribution is 5.47. The standard InChI is InChI=1S/C21H18N2O/c1-2-17-8-10-18(11-9-17)16-24-21-14-12-20(13-15-21)23-22-19-6-4-3-5-7-19/h2-15H,1,16H2. The first kappa shape index (κ1) is 15.7. The smallest absolute Gasteiger partial charge is 0.119 e. The minimum atomic E-state index is 0.530. The minimum Gasteiger partial charge on any atom is -0.489 e. The van der Waals surface area contributed by atoms with Crippen LogP contribution in [0.5, 0.6) is 5.75 Å². The maximum Gasteiger partial charge on any atom is 0.119 e. The number of hydrogen-bond donors (Lipinski definition) is 0. The van der Waals surface area contributed by atoms with Gasteiger partial charge in [0.1, 0.15) is 12.4 Å². The van der Waals surface area contributed by atoms with Crippen molar-refractivity contribution in [1.82, 2.24) is 0 Å². The van der Waals surface area contributed by atoms with Crippen molar-refractivity contribution >= 4 is 17.5 Å². The molecule has 3 rings (SSSR count). The third kappa shape index (κ3) is 4.40. The molecule has 24 heavy (non-hydrogen) atoms. The third-order valence-corrected chi connectivity index (χ3v) is 3.49. The van der Waals surface area contributed by atoms with Crippen LogP contribution < -0.4 is 4.74 Å². The van der Waals surface area contributed by atoms with Crippen LogP contribution in [0.4, 0.5) is 11.4 Å². The Morgan fingerprint density at radius 1 is 0.750 bits per heavy atom. The molecule has 0 aliphatic rings. The minimum absolute atomic E-state index is 0.530. The van der Waals surface area contributed by atoms with Crippen molar-refractivity contribution in [3.8, 4) is 5.75 Å². The van der Waals surface area contributed by atoms with E-state index >= 15 is 0 Å². The molecule has 0 amide bonds. The fourth-order valence-corrected chi connectivity index (χ4v) is 2.14. The molecule has 3 aromatic carbocycles. The van der Waals surface area contributed by atoms with Gasteiger partial charge in [0, 0.05) is 0 Å². The van der Waals surface area contributed by atoms with Gasteiger partial charge in [0.2, 0.25) is 0 Å². The van der Waals surface area contributed by atoms with Gasteiger partial charge in [-0.1, -0.05) is 55.1 Å². The van der Waals surface area contributed by atoms with Crippen LogP contribution in [0.2, 0.25) is 0 Å². The molecule has 0 fully saturated rings. The van der Waals surface area contributed by atoms with E-state index in [4.69, 9.17) is 4.74 Å². The number of azo groups is 1. The van der Waals surface area contributed by atoms with Crippen molar-refractivity contribution in [2.75, 3.05) is 0 Å². The molecule has 0 aliphatic carbocycles. The van der Waals surface area contributed by atoms with Crippen LogP contribution in [0.1, 0.15) is 11.1 Å². The topological polar surface area (TPSA) is 34.0 Å². The van der Waals surface area contributed by atoms with Gasteiger partial charge in [-0.2, -0.15) is 10.2 Å². The van der Waals surface area contributed by atoms with Crippen LogP contribution in [-0.2, 0) is 6.61 Å². The Balaban J connectivity index is 1.58. The summed E-state index contributed by atoms with van der Waals surface area (Å²) in [5, 5.41) is 8.41. The molecule has 3 nitrogen and oxygen atoms in total. The summed E-state index contributed by atoms with van der Waals surface area (Å²) in [4.78, 5) is 0. The number of ether oxygens (including phenoxy) is 1. The summed E-state index contributed by atoms with van der Waals surface area (Å²) >= 11 is 0. The van der Waals surface area contributed by atoms with Gasteiger partial charge >= 0.3 is 0 Å².